The Morgan fingerprint density at radius 2 is 1.94 bits per heavy atom. The zero-order chi connectivity index (χ0) is 33.1. The fourth-order valence-electron chi connectivity index (χ4n) is 5.90. The second kappa shape index (κ2) is 13.6. The third-order valence-electron chi connectivity index (χ3n) is 8.59. The highest BCUT2D eigenvalue weighted by atomic mass is 19.3. The number of ether oxygens (including phenoxy) is 3. The lowest BCUT2D eigenvalue weighted by Gasteiger charge is -2.43. The molecule has 0 radical (unpaired) electrons. The van der Waals surface area contributed by atoms with E-state index in [1.807, 2.05) is 18.2 Å². The van der Waals surface area contributed by atoms with Crippen molar-refractivity contribution in [3.8, 4) is 29.0 Å². The molecule has 3 aliphatic heterocycles. The van der Waals surface area contributed by atoms with Gasteiger partial charge in [0.15, 0.2) is 6.10 Å². The van der Waals surface area contributed by atoms with E-state index in [4.69, 9.17) is 14.2 Å². The number of aliphatic hydroxyl groups excluding tert-OH is 1. The maximum Gasteiger partial charge on any atom is 0.301 e. The molecule has 2 N–H and O–H groups in total. The number of carbonyl (C=O) groups excluding carboxylic acids is 1. The quantitative estimate of drug-likeness (QED) is 0.351. The number of halogens is 2. The standard InChI is InChI=1S/C32H36F2N8O5/c1-20(43)30(44)42-10-8-27(32(33,34)19-42)47-26-5-3-21(15-22(26)16-35)24-7-9-36-31(37-24)39-28-6-4-25(29(38-28)45-2)41-13-11-40(12-14-41)23-17-46-18-23/h3-7,9,15,20,23,27,43H,8,10-14,17-19H2,1-2H3,(H,36,37,38,39)/t20-,27?/m0/s1. The van der Waals surface area contributed by atoms with Crippen molar-refractivity contribution in [1.29, 1.82) is 5.26 Å². The highest BCUT2D eigenvalue weighted by Gasteiger charge is 2.48. The number of carbonyl (C=O) groups is 1. The van der Waals surface area contributed by atoms with Gasteiger partial charge in [0.05, 0.1) is 44.2 Å². The van der Waals surface area contributed by atoms with Crippen LogP contribution in [-0.2, 0) is 9.53 Å². The Bertz CT molecular complexity index is 1640. The zero-order valence-corrected chi connectivity index (χ0v) is 26.1. The van der Waals surface area contributed by atoms with Crippen LogP contribution in [0.3, 0.4) is 0 Å². The van der Waals surface area contributed by atoms with E-state index in [0.29, 0.717) is 29.0 Å². The van der Waals surface area contributed by atoms with Crippen molar-refractivity contribution in [1.82, 2.24) is 24.8 Å². The van der Waals surface area contributed by atoms with E-state index in [0.717, 1.165) is 50.0 Å². The van der Waals surface area contributed by atoms with Gasteiger partial charge < -0.3 is 34.4 Å². The van der Waals surface area contributed by atoms with Crippen LogP contribution in [0.15, 0.2) is 42.6 Å². The number of nitrogens with zero attached hydrogens (tertiary/aromatic N) is 7. The van der Waals surface area contributed by atoms with Crippen molar-refractivity contribution in [2.45, 2.75) is 37.5 Å². The molecule has 248 valence electrons. The minimum absolute atomic E-state index is 0.00140. The molecule has 15 heteroatoms. The molecule has 6 rings (SSSR count). The highest BCUT2D eigenvalue weighted by Crippen LogP contribution is 2.34. The lowest BCUT2D eigenvalue weighted by molar-refractivity contribution is -0.165. The molecule has 3 aromatic rings. The van der Waals surface area contributed by atoms with Gasteiger partial charge in [0.2, 0.25) is 11.8 Å². The molecule has 3 saturated heterocycles. The van der Waals surface area contributed by atoms with Gasteiger partial charge in [0.25, 0.3) is 5.91 Å². The Kier molecular flexibility index (Phi) is 9.35. The monoisotopic (exact) mass is 650 g/mol. The second-order valence-electron chi connectivity index (χ2n) is 11.7. The van der Waals surface area contributed by atoms with Crippen LogP contribution in [-0.4, -0.2) is 120 Å². The first kappa shape index (κ1) is 32.3. The molecule has 0 spiro atoms. The molecule has 1 unspecified atom stereocenters. The highest BCUT2D eigenvalue weighted by molar-refractivity contribution is 5.80. The van der Waals surface area contributed by atoms with E-state index in [1.54, 1.807) is 25.4 Å². The predicted molar refractivity (Wildman–Crippen MR) is 167 cm³/mol. The van der Waals surface area contributed by atoms with Crippen molar-refractivity contribution in [3.05, 3.63) is 48.2 Å². The fourth-order valence-corrected chi connectivity index (χ4v) is 5.90. The Morgan fingerprint density at radius 1 is 1.15 bits per heavy atom. The third-order valence-corrected chi connectivity index (χ3v) is 8.59. The number of likely N-dealkylation sites (tertiary alicyclic amines) is 1. The summed E-state index contributed by atoms with van der Waals surface area (Å²) in [4.78, 5) is 31.2. The molecule has 0 saturated carbocycles. The summed E-state index contributed by atoms with van der Waals surface area (Å²) in [6.07, 6.45) is -1.52. The number of hydrogen-bond acceptors (Lipinski definition) is 12. The molecule has 0 bridgehead atoms. The molecule has 13 nitrogen and oxygen atoms in total. The van der Waals surface area contributed by atoms with Gasteiger partial charge in [0, 0.05) is 50.9 Å². The summed E-state index contributed by atoms with van der Waals surface area (Å²) >= 11 is 0. The average molecular weight is 651 g/mol. The number of rotatable bonds is 9. The summed E-state index contributed by atoms with van der Waals surface area (Å²) in [7, 11) is 1.58. The Labute approximate surface area is 270 Å². The topological polar surface area (TPSA) is 149 Å². The fraction of sp³-hybridized carbons (Fsp3) is 0.469. The van der Waals surface area contributed by atoms with Crippen LogP contribution in [0.2, 0.25) is 0 Å². The first-order valence-electron chi connectivity index (χ1n) is 15.4. The number of hydrogen-bond donors (Lipinski definition) is 2. The smallest absolute Gasteiger partial charge is 0.301 e. The maximum absolute atomic E-state index is 14.9. The first-order chi connectivity index (χ1) is 22.6. The number of aliphatic hydroxyl groups is 1. The Balaban J connectivity index is 1.12. The van der Waals surface area contributed by atoms with Gasteiger partial charge in [0.1, 0.15) is 29.4 Å². The Hall–Kier alpha value is -4.65. The lowest BCUT2D eigenvalue weighted by Crippen LogP contribution is -2.56. The van der Waals surface area contributed by atoms with E-state index in [9.17, 15) is 23.9 Å². The summed E-state index contributed by atoms with van der Waals surface area (Å²) in [5, 5.41) is 22.4. The summed E-state index contributed by atoms with van der Waals surface area (Å²) in [5.41, 5.74) is 1.99. The van der Waals surface area contributed by atoms with Gasteiger partial charge in [-0.3, -0.25) is 9.69 Å². The number of nitrogens with one attached hydrogen (secondary N) is 1. The average Bonchev–Trinajstić information content (AvgIpc) is 3.05. The molecule has 0 aliphatic carbocycles. The van der Waals surface area contributed by atoms with E-state index in [-0.39, 0.29) is 30.2 Å². The minimum atomic E-state index is -3.38. The SMILES string of the molecule is COc1nc(Nc2nccc(-c3ccc(OC4CCN(C(=O)[C@H](C)O)CC4(F)F)c(C#N)c3)n2)ccc1N1CCN(C2COC2)CC1. The third kappa shape index (κ3) is 7.04. The molecule has 2 atom stereocenters. The molecule has 3 aliphatic rings. The van der Waals surface area contributed by atoms with E-state index in [1.165, 1.54) is 19.1 Å². The van der Waals surface area contributed by atoms with Gasteiger partial charge in [-0.05, 0) is 43.3 Å². The van der Waals surface area contributed by atoms with Crippen molar-refractivity contribution >= 4 is 23.4 Å². The number of alkyl halides is 2. The van der Waals surface area contributed by atoms with Crippen LogP contribution in [0, 0.1) is 11.3 Å². The summed E-state index contributed by atoms with van der Waals surface area (Å²) in [6, 6.07) is 12.6. The number of piperidine rings is 1. The van der Waals surface area contributed by atoms with Gasteiger partial charge in [-0.2, -0.15) is 10.2 Å². The normalized spacial score (nSPS) is 20.6. The van der Waals surface area contributed by atoms with E-state index in [2.05, 4.69) is 30.1 Å². The molecular formula is C32H36F2N8O5. The van der Waals surface area contributed by atoms with Crippen LogP contribution in [0.1, 0.15) is 18.9 Å². The van der Waals surface area contributed by atoms with Crippen molar-refractivity contribution in [3.63, 3.8) is 0 Å². The number of amides is 1. The van der Waals surface area contributed by atoms with Gasteiger partial charge in [-0.25, -0.2) is 18.7 Å². The largest absolute Gasteiger partial charge is 0.483 e. The maximum atomic E-state index is 14.9. The first-order valence-corrected chi connectivity index (χ1v) is 15.4. The molecule has 1 aromatic carbocycles. The minimum Gasteiger partial charge on any atom is -0.483 e. The van der Waals surface area contributed by atoms with E-state index >= 15 is 0 Å². The molecule has 1 amide bonds. The number of methoxy groups -OCH3 is 1. The molecule has 47 heavy (non-hydrogen) atoms. The second-order valence-corrected chi connectivity index (χ2v) is 11.7. The summed E-state index contributed by atoms with van der Waals surface area (Å²) in [6.45, 7) is 5.54. The van der Waals surface area contributed by atoms with E-state index < -0.39 is 30.6 Å². The van der Waals surface area contributed by atoms with Crippen molar-refractivity contribution in [2.24, 2.45) is 0 Å². The van der Waals surface area contributed by atoms with Crippen LogP contribution >= 0.6 is 0 Å². The number of nitriles is 1. The predicted octanol–water partition coefficient (Wildman–Crippen LogP) is 2.68. The number of aromatic nitrogens is 3. The summed E-state index contributed by atoms with van der Waals surface area (Å²) < 4.78 is 46.4. The van der Waals surface area contributed by atoms with Gasteiger partial charge in [-0.15, -0.1) is 0 Å². The number of anilines is 3. The lowest BCUT2D eigenvalue weighted by atomic mass is 10.0. The summed E-state index contributed by atoms with van der Waals surface area (Å²) in [5.74, 6) is -2.92. The molecule has 5 heterocycles. The molecular weight excluding hydrogens is 614 g/mol. The van der Waals surface area contributed by atoms with Crippen molar-refractivity contribution < 1.29 is 32.9 Å². The molecule has 3 fully saturated rings. The number of pyridine rings is 1. The number of piperazine rings is 1. The van der Waals surface area contributed by atoms with Crippen LogP contribution in [0.25, 0.3) is 11.3 Å². The van der Waals surface area contributed by atoms with Crippen molar-refractivity contribution in [2.75, 3.05) is 69.8 Å². The van der Waals surface area contributed by atoms with Crippen LogP contribution in [0.4, 0.5) is 26.2 Å². The Morgan fingerprint density at radius 3 is 2.60 bits per heavy atom. The number of benzene rings is 1. The van der Waals surface area contributed by atoms with Gasteiger partial charge >= 0.3 is 5.92 Å². The van der Waals surface area contributed by atoms with Gasteiger partial charge in [-0.1, -0.05) is 0 Å². The molecule has 2 aromatic heterocycles. The zero-order valence-electron chi connectivity index (χ0n) is 26.1. The van der Waals surface area contributed by atoms with Crippen LogP contribution in [0.5, 0.6) is 11.6 Å². The van der Waals surface area contributed by atoms with Crippen LogP contribution < -0.4 is 19.7 Å².